The number of hydrogen-bond acceptors (Lipinski definition) is 5. The Bertz CT molecular complexity index is 965. The number of thiazole rings is 1. The van der Waals surface area contributed by atoms with Crippen LogP contribution in [0.4, 0.5) is 0 Å². The zero-order chi connectivity index (χ0) is 19.4. The molecule has 0 bridgehead atoms. The van der Waals surface area contributed by atoms with E-state index in [1.165, 1.54) is 0 Å². The third-order valence-electron chi connectivity index (χ3n) is 3.66. The SMILES string of the molecule is Cc1nc(COc2ccc(C(=O)NNC(=O)c3cc(Br)cn3C)cc2)cs1. The summed E-state index contributed by atoms with van der Waals surface area (Å²) in [5.74, 6) is -0.191. The third-order valence-corrected chi connectivity index (χ3v) is 4.92. The van der Waals surface area contributed by atoms with Crippen molar-refractivity contribution in [2.24, 2.45) is 7.05 Å². The quantitative estimate of drug-likeness (QED) is 0.586. The normalized spacial score (nSPS) is 10.5. The van der Waals surface area contributed by atoms with Gasteiger partial charge in [-0.2, -0.15) is 0 Å². The highest BCUT2D eigenvalue weighted by Gasteiger charge is 2.13. The predicted molar refractivity (Wildman–Crippen MR) is 106 cm³/mol. The number of amides is 2. The van der Waals surface area contributed by atoms with E-state index in [1.807, 2.05) is 12.3 Å². The minimum Gasteiger partial charge on any atom is -0.487 e. The number of nitrogens with zero attached hydrogens (tertiary/aromatic N) is 2. The fourth-order valence-corrected chi connectivity index (χ4v) is 3.46. The van der Waals surface area contributed by atoms with Crippen molar-refractivity contribution in [3.05, 3.63) is 68.3 Å². The van der Waals surface area contributed by atoms with Crippen LogP contribution in [0, 0.1) is 6.92 Å². The molecule has 140 valence electrons. The maximum absolute atomic E-state index is 12.2. The number of aryl methyl sites for hydroxylation is 2. The number of carbonyl (C=O) groups excluding carboxylic acids is 2. The van der Waals surface area contributed by atoms with Crippen LogP contribution in [-0.4, -0.2) is 21.4 Å². The molecule has 0 aliphatic carbocycles. The Kier molecular flexibility index (Phi) is 5.92. The Labute approximate surface area is 168 Å². The highest BCUT2D eigenvalue weighted by molar-refractivity contribution is 9.10. The van der Waals surface area contributed by atoms with Gasteiger partial charge < -0.3 is 9.30 Å². The molecule has 9 heteroatoms. The number of benzene rings is 1. The van der Waals surface area contributed by atoms with Gasteiger partial charge in [-0.15, -0.1) is 11.3 Å². The molecule has 0 spiro atoms. The fraction of sp³-hybridized carbons (Fsp3) is 0.167. The largest absolute Gasteiger partial charge is 0.487 e. The first-order valence-corrected chi connectivity index (χ1v) is 9.66. The van der Waals surface area contributed by atoms with Gasteiger partial charge in [0, 0.05) is 28.7 Å². The van der Waals surface area contributed by atoms with E-state index in [9.17, 15) is 9.59 Å². The Morgan fingerprint density at radius 3 is 2.52 bits per heavy atom. The number of carbonyl (C=O) groups is 2. The zero-order valence-electron chi connectivity index (χ0n) is 14.7. The van der Waals surface area contributed by atoms with Crippen molar-refractivity contribution >= 4 is 39.1 Å². The average Bonchev–Trinajstić information content (AvgIpc) is 3.22. The molecule has 0 saturated carbocycles. The van der Waals surface area contributed by atoms with Gasteiger partial charge in [-0.1, -0.05) is 0 Å². The van der Waals surface area contributed by atoms with Crippen molar-refractivity contribution in [1.82, 2.24) is 20.4 Å². The van der Waals surface area contributed by atoms with Crippen molar-refractivity contribution in [3.8, 4) is 5.75 Å². The predicted octanol–water partition coefficient (Wildman–Crippen LogP) is 3.21. The lowest BCUT2D eigenvalue weighted by Gasteiger charge is -2.09. The molecule has 3 rings (SSSR count). The molecule has 0 unspecified atom stereocenters. The van der Waals surface area contributed by atoms with E-state index in [4.69, 9.17) is 4.74 Å². The third kappa shape index (κ3) is 4.95. The molecular formula is C18H17BrN4O3S. The second-order valence-corrected chi connectivity index (χ2v) is 7.71. The molecule has 3 aromatic rings. The highest BCUT2D eigenvalue weighted by atomic mass is 79.9. The van der Waals surface area contributed by atoms with Gasteiger partial charge >= 0.3 is 0 Å². The Hall–Kier alpha value is -2.65. The van der Waals surface area contributed by atoms with Gasteiger partial charge in [0.2, 0.25) is 0 Å². The van der Waals surface area contributed by atoms with Crippen LogP contribution in [-0.2, 0) is 13.7 Å². The van der Waals surface area contributed by atoms with E-state index in [2.05, 4.69) is 31.8 Å². The van der Waals surface area contributed by atoms with Crippen LogP contribution < -0.4 is 15.6 Å². The number of hydrazine groups is 1. The van der Waals surface area contributed by atoms with Crippen LogP contribution in [0.25, 0.3) is 0 Å². The molecule has 0 fully saturated rings. The molecule has 0 aliphatic heterocycles. The first-order valence-electron chi connectivity index (χ1n) is 7.99. The zero-order valence-corrected chi connectivity index (χ0v) is 17.1. The molecule has 0 radical (unpaired) electrons. The smallest absolute Gasteiger partial charge is 0.286 e. The lowest BCUT2D eigenvalue weighted by molar-refractivity contribution is 0.0842. The van der Waals surface area contributed by atoms with Crippen LogP contribution in [0.5, 0.6) is 5.75 Å². The van der Waals surface area contributed by atoms with Crippen LogP contribution in [0.3, 0.4) is 0 Å². The molecule has 2 amide bonds. The lowest BCUT2D eigenvalue weighted by Crippen LogP contribution is -2.42. The van der Waals surface area contributed by atoms with Gasteiger partial charge in [-0.3, -0.25) is 20.4 Å². The molecule has 7 nitrogen and oxygen atoms in total. The second-order valence-electron chi connectivity index (χ2n) is 5.73. The summed E-state index contributed by atoms with van der Waals surface area (Å²) in [6.07, 6.45) is 1.75. The maximum atomic E-state index is 12.2. The standard InChI is InChI=1S/C18H17BrN4O3S/c1-11-20-14(10-27-11)9-26-15-5-3-12(4-6-15)17(24)21-22-18(25)16-7-13(19)8-23(16)2/h3-8,10H,9H2,1-2H3,(H,21,24)(H,22,25). The van der Waals surface area contributed by atoms with Gasteiger partial charge in [-0.05, 0) is 53.2 Å². The molecular weight excluding hydrogens is 432 g/mol. The number of ether oxygens (including phenoxy) is 1. The van der Waals surface area contributed by atoms with Crippen LogP contribution in [0.2, 0.25) is 0 Å². The number of rotatable bonds is 5. The molecule has 27 heavy (non-hydrogen) atoms. The number of nitrogens with one attached hydrogen (secondary N) is 2. The summed E-state index contributed by atoms with van der Waals surface area (Å²) >= 11 is 4.87. The van der Waals surface area contributed by atoms with E-state index in [0.717, 1.165) is 15.2 Å². The van der Waals surface area contributed by atoms with Gasteiger partial charge in [-0.25, -0.2) is 4.98 Å². The summed E-state index contributed by atoms with van der Waals surface area (Å²) < 4.78 is 8.08. The molecule has 2 aromatic heterocycles. The van der Waals surface area contributed by atoms with E-state index in [1.54, 1.807) is 59.5 Å². The molecule has 1 aromatic carbocycles. The average molecular weight is 449 g/mol. The Morgan fingerprint density at radius 2 is 1.93 bits per heavy atom. The van der Waals surface area contributed by atoms with Crippen LogP contribution >= 0.6 is 27.3 Å². The van der Waals surface area contributed by atoms with Crippen molar-refractivity contribution in [2.75, 3.05) is 0 Å². The molecule has 0 atom stereocenters. The Morgan fingerprint density at radius 1 is 1.22 bits per heavy atom. The van der Waals surface area contributed by atoms with Gasteiger partial charge in [0.15, 0.2) is 0 Å². The topological polar surface area (TPSA) is 85.2 Å². The molecule has 0 saturated heterocycles. The summed E-state index contributed by atoms with van der Waals surface area (Å²) in [7, 11) is 1.74. The number of hydrogen-bond donors (Lipinski definition) is 2. The summed E-state index contributed by atoms with van der Waals surface area (Å²) in [6, 6.07) is 8.32. The maximum Gasteiger partial charge on any atom is 0.286 e. The molecule has 2 heterocycles. The van der Waals surface area contributed by atoms with Crippen molar-refractivity contribution < 1.29 is 14.3 Å². The van der Waals surface area contributed by atoms with Crippen molar-refractivity contribution in [3.63, 3.8) is 0 Å². The molecule has 2 N–H and O–H groups in total. The van der Waals surface area contributed by atoms with Crippen molar-refractivity contribution in [2.45, 2.75) is 13.5 Å². The summed E-state index contributed by atoms with van der Waals surface area (Å²) in [5.41, 5.74) is 6.49. The molecule has 0 aliphatic rings. The second kappa shape index (κ2) is 8.36. The minimum absolute atomic E-state index is 0.373. The minimum atomic E-state index is -0.418. The first-order chi connectivity index (χ1) is 12.9. The summed E-state index contributed by atoms with van der Waals surface area (Å²) in [4.78, 5) is 28.6. The monoisotopic (exact) mass is 448 g/mol. The first kappa shape index (κ1) is 19.1. The highest BCUT2D eigenvalue weighted by Crippen LogP contribution is 2.16. The Balaban J connectivity index is 1.52. The fourth-order valence-electron chi connectivity index (χ4n) is 2.33. The van der Waals surface area contributed by atoms with Crippen LogP contribution in [0.15, 0.2) is 46.4 Å². The van der Waals surface area contributed by atoms with Crippen LogP contribution in [0.1, 0.15) is 31.5 Å². The summed E-state index contributed by atoms with van der Waals surface area (Å²) in [6.45, 7) is 2.31. The van der Waals surface area contributed by atoms with Gasteiger partial charge in [0.1, 0.15) is 18.1 Å². The van der Waals surface area contributed by atoms with E-state index in [-0.39, 0.29) is 0 Å². The number of halogens is 1. The van der Waals surface area contributed by atoms with E-state index >= 15 is 0 Å². The van der Waals surface area contributed by atoms with E-state index < -0.39 is 11.8 Å². The van der Waals surface area contributed by atoms with Crippen molar-refractivity contribution in [1.29, 1.82) is 0 Å². The van der Waals surface area contributed by atoms with E-state index in [0.29, 0.717) is 23.6 Å². The lowest BCUT2D eigenvalue weighted by atomic mass is 10.2. The number of aromatic nitrogens is 2. The van der Waals surface area contributed by atoms with Gasteiger partial charge in [0.05, 0.1) is 10.7 Å². The summed E-state index contributed by atoms with van der Waals surface area (Å²) in [5, 5.41) is 2.94. The van der Waals surface area contributed by atoms with Gasteiger partial charge in [0.25, 0.3) is 11.8 Å².